The van der Waals surface area contributed by atoms with E-state index in [4.69, 9.17) is 9.84 Å². The summed E-state index contributed by atoms with van der Waals surface area (Å²) in [7, 11) is 0. The highest BCUT2D eigenvalue weighted by Gasteiger charge is 2.37. The minimum Gasteiger partial charge on any atom is -0.465 e. The fourth-order valence-corrected chi connectivity index (χ4v) is 4.18. The van der Waals surface area contributed by atoms with Crippen molar-refractivity contribution in [2.45, 2.75) is 38.3 Å². The van der Waals surface area contributed by atoms with Crippen LogP contribution in [0.5, 0.6) is 0 Å². The lowest BCUT2D eigenvalue weighted by molar-refractivity contribution is 0.122. The topological polar surface area (TPSA) is 135 Å². The van der Waals surface area contributed by atoms with Gasteiger partial charge in [0.2, 0.25) is 0 Å². The molecule has 4 N–H and O–H groups in total. The molecule has 2 aliphatic rings. The molecule has 1 aliphatic heterocycles. The third-order valence-electron chi connectivity index (χ3n) is 6.11. The highest BCUT2D eigenvalue weighted by atomic mass is 19.1. The summed E-state index contributed by atoms with van der Waals surface area (Å²) in [4.78, 5) is 21.5. The van der Waals surface area contributed by atoms with Gasteiger partial charge in [0.05, 0.1) is 42.7 Å². The molecule has 1 saturated heterocycles. The van der Waals surface area contributed by atoms with Crippen molar-refractivity contribution in [2.24, 2.45) is 5.92 Å². The molecule has 2 atom stereocenters. The normalized spacial score (nSPS) is 17.3. The number of hydrogen-bond donors (Lipinski definition) is 4. The Morgan fingerprint density at radius 2 is 2.03 bits per heavy atom. The fraction of sp³-hybridized carbons (Fsp3) is 0.478. The van der Waals surface area contributed by atoms with Crippen LogP contribution in [0.2, 0.25) is 0 Å². The standard InChI is InChI=1S/C23H27F2N7O3/c1-2-18(29-23(33)34)19(13-3-4-13)30-21-16(24)9-14(11-26)20(31-21)28-15-10-17(25)22(27-12-15)32-5-7-35-8-6-32/h9-10,12-13,18-19,29H,2-8H2,1H3,(H,33,34)(H2,28,30,31)/t18-,19-/m0/s1. The van der Waals surface area contributed by atoms with Gasteiger partial charge in [-0.3, -0.25) is 0 Å². The SMILES string of the molecule is CC[C@H](NC(=O)O)[C@@H](Nc1nc(Nc2cnc(N3CCOCC3)c(F)c2)c(C#N)cc1F)C1CC1. The predicted octanol–water partition coefficient (Wildman–Crippen LogP) is 3.44. The van der Waals surface area contributed by atoms with Crippen LogP contribution in [-0.4, -0.2) is 59.6 Å². The molecule has 0 unspecified atom stereocenters. The molecule has 1 aliphatic carbocycles. The van der Waals surface area contributed by atoms with Crippen LogP contribution in [0.3, 0.4) is 0 Å². The largest absolute Gasteiger partial charge is 0.465 e. The number of carbonyl (C=O) groups is 1. The van der Waals surface area contributed by atoms with E-state index in [1.54, 1.807) is 4.90 Å². The second-order valence-corrected chi connectivity index (χ2v) is 8.55. The molecule has 10 nitrogen and oxygen atoms in total. The number of ether oxygens (including phenoxy) is 1. The molecule has 3 heterocycles. The molecule has 186 valence electrons. The Labute approximate surface area is 201 Å². The number of halogens is 2. The van der Waals surface area contributed by atoms with Gasteiger partial charge in [0.1, 0.15) is 6.07 Å². The lowest BCUT2D eigenvalue weighted by Crippen LogP contribution is -2.47. The minimum absolute atomic E-state index is 0.0329. The maximum absolute atomic E-state index is 14.8. The molecule has 4 rings (SSSR count). The van der Waals surface area contributed by atoms with Gasteiger partial charge in [0.15, 0.2) is 29.1 Å². The summed E-state index contributed by atoms with van der Waals surface area (Å²) >= 11 is 0. The number of rotatable bonds is 9. The lowest BCUT2D eigenvalue weighted by Gasteiger charge is -2.28. The maximum Gasteiger partial charge on any atom is 0.404 e. The number of nitrogens with zero attached hydrogens (tertiary/aromatic N) is 4. The van der Waals surface area contributed by atoms with E-state index in [1.165, 1.54) is 12.3 Å². The van der Waals surface area contributed by atoms with E-state index in [2.05, 4.69) is 25.9 Å². The first-order valence-corrected chi connectivity index (χ1v) is 11.5. The quantitative estimate of drug-likeness (QED) is 0.419. The third kappa shape index (κ3) is 5.86. The molecule has 2 aromatic rings. The molecule has 1 amide bonds. The van der Waals surface area contributed by atoms with Gasteiger partial charge in [-0.25, -0.2) is 23.5 Å². The van der Waals surface area contributed by atoms with E-state index < -0.39 is 23.8 Å². The van der Waals surface area contributed by atoms with Gasteiger partial charge in [-0.05, 0) is 31.2 Å². The van der Waals surface area contributed by atoms with E-state index in [9.17, 15) is 18.8 Å². The van der Waals surface area contributed by atoms with Crippen molar-refractivity contribution in [1.82, 2.24) is 15.3 Å². The van der Waals surface area contributed by atoms with E-state index in [1.807, 2.05) is 13.0 Å². The zero-order valence-electron chi connectivity index (χ0n) is 19.2. The maximum atomic E-state index is 14.8. The van der Waals surface area contributed by atoms with Crippen LogP contribution in [0, 0.1) is 28.9 Å². The molecule has 1 saturated carbocycles. The Bertz CT molecular complexity index is 1120. The first kappa shape index (κ1) is 24.4. The van der Waals surface area contributed by atoms with Crippen molar-refractivity contribution in [3.63, 3.8) is 0 Å². The number of hydrogen-bond acceptors (Lipinski definition) is 8. The van der Waals surface area contributed by atoms with Gasteiger partial charge < -0.3 is 30.7 Å². The number of nitriles is 1. The molecule has 0 radical (unpaired) electrons. The highest BCUT2D eigenvalue weighted by molar-refractivity contribution is 5.67. The number of morpholine rings is 1. The molecule has 2 fully saturated rings. The number of aromatic nitrogens is 2. The van der Waals surface area contributed by atoms with Gasteiger partial charge in [0.25, 0.3) is 0 Å². The monoisotopic (exact) mass is 487 g/mol. The first-order chi connectivity index (χ1) is 16.9. The number of anilines is 4. The van der Waals surface area contributed by atoms with Crippen LogP contribution >= 0.6 is 0 Å². The Morgan fingerprint density at radius 1 is 1.29 bits per heavy atom. The smallest absolute Gasteiger partial charge is 0.404 e. The van der Waals surface area contributed by atoms with Crippen LogP contribution in [0.4, 0.5) is 36.7 Å². The molecule has 12 heteroatoms. The van der Waals surface area contributed by atoms with E-state index in [0.717, 1.165) is 18.9 Å². The number of amides is 1. The van der Waals surface area contributed by atoms with E-state index >= 15 is 0 Å². The zero-order chi connectivity index (χ0) is 24.9. The Kier molecular flexibility index (Phi) is 7.45. The summed E-state index contributed by atoms with van der Waals surface area (Å²) in [5.41, 5.74) is 0.183. The van der Waals surface area contributed by atoms with Gasteiger partial charge in [-0.2, -0.15) is 5.26 Å². The van der Waals surface area contributed by atoms with Gasteiger partial charge in [-0.1, -0.05) is 6.92 Å². The second-order valence-electron chi connectivity index (χ2n) is 8.55. The Hall–Kier alpha value is -3.72. The van der Waals surface area contributed by atoms with Gasteiger partial charge in [-0.15, -0.1) is 0 Å². The highest BCUT2D eigenvalue weighted by Crippen LogP contribution is 2.37. The summed E-state index contributed by atoms with van der Waals surface area (Å²) in [6, 6.07) is 3.36. The van der Waals surface area contributed by atoms with Crippen LogP contribution < -0.4 is 20.9 Å². The van der Waals surface area contributed by atoms with Crippen LogP contribution in [0.1, 0.15) is 31.7 Å². The summed E-state index contributed by atoms with van der Waals surface area (Å²) in [6.07, 6.45) is 2.54. The number of carboxylic acid groups (broad SMARTS) is 1. The van der Waals surface area contributed by atoms with Crippen molar-refractivity contribution in [2.75, 3.05) is 41.8 Å². The second kappa shape index (κ2) is 10.7. The van der Waals surface area contributed by atoms with Crippen molar-refractivity contribution in [3.05, 3.63) is 35.5 Å². The number of pyridine rings is 2. The number of nitrogens with one attached hydrogen (secondary N) is 3. The molecule has 0 bridgehead atoms. The molecular weight excluding hydrogens is 460 g/mol. The fourth-order valence-electron chi connectivity index (χ4n) is 4.18. The average Bonchev–Trinajstić information content (AvgIpc) is 3.68. The summed E-state index contributed by atoms with van der Waals surface area (Å²) in [5.74, 6) is -0.994. The van der Waals surface area contributed by atoms with Crippen LogP contribution in [-0.2, 0) is 4.74 Å². The first-order valence-electron chi connectivity index (χ1n) is 11.5. The molecule has 2 aromatic heterocycles. The van der Waals surface area contributed by atoms with E-state index in [-0.39, 0.29) is 40.7 Å². The summed E-state index contributed by atoms with van der Waals surface area (Å²) in [5, 5.41) is 27.0. The van der Waals surface area contributed by atoms with Gasteiger partial charge in [0, 0.05) is 19.2 Å². The zero-order valence-corrected chi connectivity index (χ0v) is 19.2. The summed E-state index contributed by atoms with van der Waals surface area (Å²) < 4.78 is 34.9. The van der Waals surface area contributed by atoms with Crippen LogP contribution in [0.25, 0.3) is 0 Å². The van der Waals surface area contributed by atoms with Gasteiger partial charge >= 0.3 is 6.09 Å². The molecule has 0 aromatic carbocycles. The van der Waals surface area contributed by atoms with Crippen LogP contribution in [0.15, 0.2) is 18.3 Å². The Morgan fingerprint density at radius 3 is 2.63 bits per heavy atom. The van der Waals surface area contributed by atoms with Crippen molar-refractivity contribution in [1.29, 1.82) is 5.26 Å². The lowest BCUT2D eigenvalue weighted by atomic mass is 10.0. The summed E-state index contributed by atoms with van der Waals surface area (Å²) in [6.45, 7) is 3.88. The molecular formula is C23H27F2N7O3. The van der Waals surface area contributed by atoms with Crippen molar-refractivity contribution < 1.29 is 23.4 Å². The minimum atomic E-state index is -1.16. The average molecular weight is 488 g/mol. The molecule has 0 spiro atoms. The third-order valence-corrected chi connectivity index (χ3v) is 6.11. The molecule has 35 heavy (non-hydrogen) atoms. The van der Waals surface area contributed by atoms with E-state index in [0.29, 0.717) is 32.7 Å². The van der Waals surface area contributed by atoms with Crippen molar-refractivity contribution in [3.8, 4) is 6.07 Å². The predicted molar refractivity (Wildman–Crippen MR) is 125 cm³/mol. The van der Waals surface area contributed by atoms with Crippen molar-refractivity contribution >= 4 is 29.2 Å². The Balaban J connectivity index is 1.57.